The van der Waals surface area contributed by atoms with Crippen LogP contribution in [0.15, 0.2) is 24.3 Å². The van der Waals surface area contributed by atoms with Crippen LogP contribution < -0.4 is 4.89 Å². The number of esters is 1. The molecule has 9 heteroatoms. The first kappa shape index (κ1) is 55.0. The van der Waals surface area contributed by atoms with Crippen LogP contribution in [0.1, 0.15) is 213 Å². The van der Waals surface area contributed by atoms with Crippen LogP contribution in [-0.2, 0) is 27.9 Å². The second-order valence-corrected chi connectivity index (χ2v) is 18.5. The van der Waals surface area contributed by atoms with Gasteiger partial charge in [-0.05, 0) is 44.9 Å². The summed E-state index contributed by atoms with van der Waals surface area (Å²) >= 11 is 0. The number of quaternary nitrogens is 1. The first-order chi connectivity index (χ1) is 27.1. The molecule has 0 aromatic carbocycles. The van der Waals surface area contributed by atoms with Crippen LogP contribution in [0.3, 0.4) is 0 Å². The molecule has 8 nitrogen and oxygen atoms in total. The number of carbonyl (C=O) groups is 1. The molecule has 0 aliphatic rings. The number of nitrogens with zero attached hydrogens (tertiary/aromatic N) is 1. The van der Waals surface area contributed by atoms with Crippen molar-refractivity contribution in [2.45, 2.75) is 219 Å². The van der Waals surface area contributed by atoms with E-state index >= 15 is 0 Å². The van der Waals surface area contributed by atoms with Crippen LogP contribution in [0, 0.1) is 0 Å². The molecule has 0 N–H and O–H groups in total. The van der Waals surface area contributed by atoms with Gasteiger partial charge in [-0.2, -0.15) is 0 Å². The first-order valence-electron chi connectivity index (χ1n) is 23.6. The number of likely N-dealkylation sites (N-methyl/N-ethyl adjacent to an activating group) is 1. The minimum absolute atomic E-state index is 0.0265. The summed E-state index contributed by atoms with van der Waals surface area (Å²) in [6.45, 7) is 5.42. The molecule has 0 radical (unpaired) electrons. The van der Waals surface area contributed by atoms with Gasteiger partial charge in [0.25, 0.3) is 7.82 Å². The summed E-state index contributed by atoms with van der Waals surface area (Å²) in [5.74, 6) is -0.339. The third kappa shape index (κ3) is 44.1. The maximum Gasteiger partial charge on any atom is 0.306 e. The molecule has 56 heavy (non-hydrogen) atoms. The Bertz CT molecular complexity index is 951. The molecule has 0 rings (SSSR count). The first-order valence-corrected chi connectivity index (χ1v) is 25.0. The molecule has 0 spiro atoms. The topological polar surface area (TPSA) is 94.1 Å². The van der Waals surface area contributed by atoms with E-state index in [9.17, 15) is 14.3 Å². The highest BCUT2D eigenvalue weighted by Gasteiger charge is 2.20. The molecule has 332 valence electrons. The van der Waals surface area contributed by atoms with E-state index in [0.717, 1.165) is 44.9 Å². The van der Waals surface area contributed by atoms with Gasteiger partial charge < -0.3 is 27.9 Å². The summed E-state index contributed by atoms with van der Waals surface area (Å²) in [6.07, 6.45) is 46.1. The van der Waals surface area contributed by atoms with Gasteiger partial charge in [0.1, 0.15) is 19.3 Å². The molecule has 2 unspecified atom stereocenters. The van der Waals surface area contributed by atoms with Gasteiger partial charge in [-0.15, -0.1) is 0 Å². The molecule has 0 saturated carbocycles. The van der Waals surface area contributed by atoms with Crippen LogP contribution in [0.25, 0.3) is 0 Å². The Morgan fingerprint density at radius 2 is 0.982 bits per heavy atom. The average Bonchev–Trinajstić information content (AvgIpc) is 3.15. The smallest absolute Gasteiger partial charge is 0.306 e. The third-order valence-electron chi connectivity index (χ3n) is 10.3. The molecule has 0 aliphatic carbocycles. The van der Waals surface area contributed by atoms with E-state index in [4.69, 9.17) is 18.5 Å². The highest BCUT2D eigenvalue weighted by molar-refractivity contribution is 7.45. The van der Waals surface area contributed by atoms with Gasteiger partial charge in [0.05, 0.1) is 34.4 Å². The Hall–Kier alpha value is -1.02. The molecule has 0 aromatic heterocycles. The van der Waals surface area contributed by atoms with Gasteiger partial charge in [-0.1, -0.05) is 186 Å². The number of hydrogen-bond acceptors (Lipinski definition) is 7. The maximum atomic E-state index is 12.7. The lowest BCUT2D eigenvalue weighted by Crippen LogP contribution is -2.37. The zero-order valence-electron chi connectivity index (χ0n) is 37.6. The van der Waals surface area contributed by atoms with Crippen LogP contribution in [0.2, 0.25) is 0 Å². The second kappa shape index (κ2) is 40.7. The van der Waals surface area contributed by atoms with E-state index in [0.29, 0.717) is 24.1 Å². The van der Waals surface area contributed by atoms with Crippen molar-refractivity contribution in [3.05, 3.63) is 24.3 Å². The lowest BCUT2D eigenvalue weighted by Gasteiger charge is -2.28. The van der Waals surface area contributed by atoms with Crippen molar-refractivity contribution >= 4 is 13.8 Å². The summed E-state index contributed by atoms with van der Waals surface area (Å²) in [5.41, 5.74) is 0. The highest BCUT2D eigenvalue weighted by Crippen LogP contribution is 2.38. The average molecular weight is 814 g/mol. The number of phosphoric ester groups is 1. The van der Waals surface area contributed by atoms with E-state index in [1.54, 1.807) is 0 Å². The van der Waals surface area contributed by atoms with Crippen LogP contribution in [0.4, 0.5) is 0 Å². The van der Waals surface area contributed by atoms with E-state index in [2.05, 4.69) is 38.2 Å². The standard InChI is InChI=1S/C47H92NO7P/c1-6-8-10-12-14-16-18-20-22-24-26-28-30-32-34-36-38-40-47(49)55-46(45-54-56(50,51)53-43-41-48(3,4)5)44-52-42-39-37-35-33-31-29-27-25-23-21-19-17-15-13-11-9-7-2/h14,16,20,22,46H,6-13,15,17-19,21,23-45H2,1-5H3/b16-14-,22-20-. The fraction of sp³-hybridized carbons (Fsp3) is 0.894. The predicted octanol–water partition coefficient (Wildman–Crippen LogP) is 13.4. The Morgan fingerprint density at radius 3 is 1.48 bits per heavy atom. The largest absolute Gasteiger partial charge is 0.756 e. The van der Waals surface area contributed by atoms with Crippen LogP contribution in [0.5, 0.6) is 0 Å². The van der Waals surface area contributed by atoms with Gasteiger partial charge in [0.15, 0.2) is 0 Å². The molecule has 0 fully saturated rings. The van der Waals surface area contributed by atoms with Crippen molar-refractivity contribution in [3.63, 3.8) is 0 Å². The molecule has 0 aliphatic heterocycles. The highest BCUT2D eigenvalue weighted by atomic mass is 31.2. The van der Waals surface area contributed by atoms with Gasteiger partial charge in [-0.25, -0.2) is 0 Å². The number of carbonyl (C=O) groups excluding carboxylic acids is 1. The maximum absolute atomic E-state index is 12.7. The number of phosphoric acid groups is 1. The minimum atomic E-state index is -4.52. The predicted molar refractivity (Wildman–Crippen MR) is 236 cm³/mol. The van der Waals surface area contributed by atoms with E-state index in [-0.39, 0.29) is 25.8 Å². The van der Waals surface area contributed by atoms with E-state index < -0.39 is 13.9 Å². The summed E-state index contributed by atoms with van der Waals surface area (Å²) in [6, 6.07) is 0. The fourth-order valence-electron chi connectivity index (χ4n) is 6.58. The van der Waals surface area contributed by atoms with Crippen LogP contribution in [-0.4, -0.2) is 70.7 Å². The number of ether oxygens (including phenoxy) is 2. The third-order valence-corrected chi connectivity index (χ3v) is 11.2. The van der Waals surface area contributed by atoms with Gasteiger partial charge in [0.2, 0.25) is 0 Å². The molecule has 0 heterocycles. The number of hydrogen-bond donors (Lipinski definition) is 0. The van der Waals surface area contributed by atoms with Crippen molar-refractivity contribution in [1.29, 1.82) is 0 Å². The molecular formula is C47H92NO7P. The van der Waals surface area contributed by atoms with Gasteiger partial charge in [0, 0.05) is 13.0 Å². The molecule has 0 saturated heterocycles. The fourth-order valence-corrected chi connectivity index (χ4v) is 7.31. The summed E-state index contributed by atoms with van der Waals surface area (Å²) in [5, 5.41) is 0. The quantitative estimate of drug-likeness (QED) is 0.0199. The summed E-state index contributed by atoms with van der Waals surface area (Å²) in [4.78, 5) is 25.1. The molecule has 0 amide bonds. The lowest BCUT2D eigenvalue weighted by atomic mass is 10.0. The zero-order valence-corrected chi connectivity index (χ0v) is 38.5. The Labute approximate surface area is 347 Å². The summed E-state index contributed by atoms with van der Waals surface area (Å²) in [7, 11) is 1.36. The SMILES string of the molecule is CCCCC/C=C\C/C=C\CCCCCCCCCC(=O)OC(COCCCCCCCCCCCCCCCCCCC)COP(=O)([O-])OCC[N+](C)(C)C. The number of unbranched alkanes of at least 4 members (excludes halogenated alkanes) is 26. The minimum Gasteiger partial charge on any atom is -0.756 e. The molecular weight excluding hydrogens is 721 g/mol. The Kier molecular flexibility index (Phi) is 40.0. The van der Waals surface area contributed by atoms with Crippen molar-refractivity contribution in [1.82, 2.24) is 0 Å². The van der Waals surface area contributed by atoms with Crippen molar-refractivity contribution in [2.75, 3.05) is 54.1 Å². The van der Waals surface area contributed by atoms with E-state index in [1.165, 1.54) is 148 Å². The van der Waals surface area contributed by atoms with E-state index in [1.807, 2.05) is 21.1 Å². The zero-order chi connectivity index (χ0) is 41.3. The number of rotatable bonds is 44. The van der Waals surface area contributed by atoms with Crippen molar-refractivity contribution < 1.29 is 37.3 Å². The number of allylic oxidation sites excluding steroid dienone is 4. The van der Waals surface area contributed by atoms with Crippen LogP contribution >= 0.6 is 7.82 Å². The molecule has 0 bridgehead atoms. The molecule has 0 aromatic rings. The van der Waals surface area contributed by atoms with Crippen molar-refractivity contribution in [2.24, 2.45) is 0 Å². The normalized spacial score (nSPS) is 13.9. The monoisotopic (exact) mass is 814 g/mol. The van der Waals surface area contributed by atoms with Crippen molar-refractivity contribution in [3.8, 4) is 0 Å². The lowest BCUT2D eigenvalue weighted by molar-refractivity contribution is -0.870. The summed E-state index contributed by atoms with van der Waals surface area (Å²) < 4.78 is 34.7. The Morgan fingerprint density at radius 1 is 0.554 bits per heavy atom. The molecule has 2 atom stereocenters. The Balaban J connectivity index is 4.19. The van der Waals surface area contributed by atoms with Gasteiger partial charge in [-0.3, -0.25) is 9.36 Å². The second-order valence-electron chi connectivity index (χ2n) is 17.1. The van der Waals surface area contributed by atoms with Gasteiger partial charge >= 0.3 is 5.97 Å².